The Bertz CT molecular complexity index is 947. The van der Waals surface area contributed by atoms with E-state index in [1.807, 2.05) is 13.0 Å². The summed E-state index contributed by atoms with van der Waals surface area (Å²) < 4.78 is 11.6. The van der Waals surface area contributed by atoms with Crippen LogP contribution in [0.5, 0.6) is 11.6 Å². The van der Waals surface area contributed by atoms with Crippen LogP contribution in [0.3, 0.4) is 0 Å². The summed E-state index contributed by atoms with van der Waals surface area (Å²) in [5.74, 6) is 1.16. The van der Waals surface area contributed by atoms with Crippen molar-refractivity contribution in [2.75, 3.05) is 13.1 Å². The first-order valence-corrected chi connectivity index (χ1v) is 8.43. The number of carbonyl (C=O) groups is 1. The number of amides is 1. The Morgan fingerprint density at radius 3 is 2.85 bits per heavy atom. The SMILES string of the molecule is Cc1ncccc1Oc1ncnc2c(C3CCN(C(=O)O)CC3)coc12. The van der Waals surface area contributed by atoms with Crippen molar-refractivity contribution in [3.8, 4) is 11.6 Å². The average molecular weight is 354 g/mol. The molecule has 0 bridgehead atoms. The third-order valence-corrected chi connectivity index (χ3v) is 4.72. The second-order valence-corrected chi connectivity index (χ2v) is 6.28. The number of aryl methyl sites for hydroxylation is 1. The van der Waals surface area contributed by atoms with Crippen LogP contribution in [0, 0.1) is 6.92 Å². The fraction of sp³-hybridized carbons (Fsp3) is 0.333. The van der Waals surface area contributed by atoms with E-state index in [9.17, 15) is 4.79 Å². The molecule has 1 fully saturated rings. The van der Waals surface area contributed by atoms with Crippen LogP contribution < -0.4 is 4.74 Å². The number of nitrogens with zero attached hydrogens (tertiary/aromatic N) is 4. The van der Waals surface area contributed by atoms with Gasteiger partial charge in [0.15, 0.2) is 5.75 Å². The van der Waals surface area contributed by atoms with Gasteiger partial charge in [-0.15, -0.1) is 0 Å². The van der Waals surface area contributed by atoms with Crippen LogP contribution in [0.25, 0.3) is 11.1 Å². The summed E-state index contributed by atoms with van der Waals surface area (Å²) in [4.78, 5) is 25.3. The molecule has 4 rings (SSSR count). The van der Waals surface area contributed by atoms with E-state index in [0.717, 1.165) is 24.1 Å². The minimum atomic E-state index is -0.870. The highest BCUT2D eigenvalue weighted by atomic mass is 16.5. The van der Waals surface area contributed by atoms with Crippen molar-refractivity contribution < 1.29 is 19.1 Å². The topological polar surface area (TPSA) is 102 Å². The van der Waals surface area contributed by atoms with Gasteiger partial charge in [-0.25, -0.2) is 9.78 Å². The standard InChI is InChI=1S/C18H18N4O4/c1-11-14(3-2-6-19-11)26-17-16-15(20-10-21-17)13(9-25-16)12-4-7-22(8-5-12)18(23)24/h2-3,6,9-10,12H,4-5,7-8H2,1H3,(H,23,24). The molecule has 8 nitrogen and oxygen atoms in total. The molecule has 0 radical (unpaired) electrons. The van der Waals surface area contributed by atoms with Gasteiger partial charge in [-0.3, -0.25) is 4.98 Å². The first-order valence-electron chi connectivity index (χ1n) is 8.43. The van der Waals surface area contributed by atoms with Crippen LogP contribution >= 0.6 is 0 Å². The molecule has 0 unspecified atom stereocenters. The monoisotopic (exact) mass is 354 g/mol. The molecule has 0 aliphatic carbocycles. The maximum absolute atomic E-state index is 11.1. The number of ether oxygens (including phenoxy) is 1. The number of piperidine rings is 1. The van der Waals surface area contributed by atoms with Crippen molar-refractivity contribution in [3.63, 3.8) is 0 Å². The number of rotatable bonds is 3. The third-order valence-electron chi connectivity index (χ3n) is 4.72. The molecular formula is C18H18N4O4. The van der Waals surface area contributed by atoms with Crippen LogP contribution in [0.15, 0.2) is 35.3 Å². The maximum Gasteiger partial charge on any atom is 0.407 e. The third kappa shape index (κ3) is 2.94. The number of aromatic nitrogens is 3. The fourth-order valence-electron chi connectivity index (χ4n) is 3.27. The zero-order valence-electron chi connectivity index (χ0n) is 14.3. The van der Waals surface area contributed by atoms with Crippen LogP contribution in [0.4, 0.5) is 4.79 Å². The lowest BCUT2D eigenvalue weighted by atomic mass is 9.90. The Hall–Kier alpha value is -3.16. The fourth-order valence-corrected chi connectivity index (χ4v) is 3.27. The molecule has 1 amide bonds. The van der Waals surface area contributed by atoms with Gasteiger partial charge in [0.2, 0.25) is 5.58 Å². The van der Waals surface area contributed by atoms with Crippen molar-refractivity contribution in [3.05, 3.63) is 42.2 Å². The summed E-state index contributed by atoms with van der Waals surface area (Å²) in [5.41, 5.74) is 2.93. The molecule has 1 N–H and O–H groups in total. The molecule has 1 aliphatic heterocycles. The van der Waals surface area contributed by atoms with Gasteiger partial charge in [-0.1, -0.05) is 0 Å². The minimum absolute atomic E-state index is 0.203. The Morgan fingerprint density at radius 2 is 2.12 bits per heavy atom. The molecule has 3 aromatic rings. The average Bonchev–Trinajstić information content (AvgIpc) is 3.09. The first kappa shape index (κ1) is 16.3. The summed E-state index contributed by atoms with van der Waals surface area (Å²) in [6.45, 7) is 2.88. The molecule has 26 heavy (non-hydrogen) atoms. The number of furan rings is 1. The second kappa shape index (κ2) is 6.62. The van der Waals surface area contributed by atoms with Crippen LogP contribution in [-0.2, 0) is 0 Å². The highest BCUT2D eigenvalue weighted by Crippen LogP contribution is 2.37. The molecule has 8 heteroatoms. The quantitative estimate of drug-likeness (QED) is 0.767. The molecule has 4 heterocycles. The molecular weight excluding hydrogens is 336 g/mol. The molecule has 0 aromatic carbocycles. The highest BCUT2D eigenvalue weighted by molar-refractivity contribution is 5.81. The maximum atomic E-state index is 11.1. The van der Waals surface area contributed by atoms with E-state index in [1.54, 1.807) is 18.5 Å². The van der Waals surface area contributed by atoms with Crippen molar-refractivity contribution in [1.82, 2.24) is 19.9 Å². The number of carboxylic acid groups (broad SMARTS) is 1. The Labute approximate surface area is 149 Å². The van der Waals surface area contributed by atoms with Crippen LogP contribution in [-0.4, -0.2) is 44.1 Å². The van der Waals surface area contributed by atoms with E-state index in [-0.39, 0.29) is 5.92 Å². The van der Waals surface area contributed by atoms with Crippen molar-refractivity contribution >= 4 is 17.2 Å². The number of hydrogen-bond donors (Lipinski definition) is 1. The Balaban J connectivity index is 1.62. The summed E-state index contributed by atoms with van der Waals surface area (Å²) >= 11 is 0. The molecule has 3 aromatic heterocycles. The molecule has 0 atom stereocenters. The van der Waals surface area contributed by atoms with Crippen molar-refractivity contribution in [2.24, 2.45) is 0 Å². The summed E-state index contributed by atoms with van der Waals surface area (Å²) in [7, 11) is 0. The summed E-state index contributed by atoms with van der Waals surface area (Å²) in [6.07, 6.45) is 5.45. The number of pyridine rings is 1. The van der Waals surface area contributed by atoms with E-state index in [1.165, 1.54) is 11.2 Å². The molecule has 134 valence electrons. The van der Waals surface area contributed by atoms with Gasteiger partial charge in [0.05, 0.1) is 12.0 Å². The van der Waals surface area contributed by atoms with E-state index in [2.05, 4.69) is 15.0 Å². The van der Waals surface area contributed by atoms with Crippen LogP contribution in [0.2, 0.25) is 0 Å². The van der Waals surface area contributed by atoms with Crippen molar-refractivity contribution in [2.45, 2.75) is 25.7 Å². The predicted octanol–water partition coefficient (Wildman–Crippen LogP) is 3.58. The van der Waals surface area contributed by atoms with E-state index in [0.29, 0.717) is 35.8 Å². The lowest BCUT2D eigenvalue weighted by Crippen LogP contribution is -2.36. The number of likely N-dealkylation sites (tertiary alicyclic amines) is 1. The lowest BCUT2D eigenvalue weighted by Gasteiger charge is -2.29. The van der Waals surface area contributed by atoms with Gasteiger partial charge < -0.3 is 19.2 Å². The largest absolute Gasteiger partial charge is 0.465 e. The van der Waals surface area contributed by atoms with Gasteiger partial charge in [0.25, 0.3) is 5.88 Å². The van der Waals surface area contributed by atoms with Gasteiger partial charge in [-0.2, -0.15) is 4.98 Å². The number of fused-ring (bicyclic) bond motifs is 1. The van der Waals surface area contributed by atoms with E-state index in [4.69, 9.17) is 14.3 Å². The van der Waals surface area contributed by atoms with E-state index < -0.39 is 6.09 Å². The Morgan fingerprint density at radius 1 is 1.31 bits per heavy atom. The molecule has 0 spiro atoms. The zero-order chi connectivity index (χ0) is 18.1. The minimum Gasteiger partial charge on any atom is -0.465 e. The smallest absolute Gasteiger partial charge is 0.407 e. The zero-order valence-corrected chi connectivity index (χ0v) is 14.3. The molecule has 0 saturated carbocycles. The predicted molar refractivity (Wildman–Crippen MR) is 92.4 cm³/mol. The van der Waals surface area contributed by atoms with Crippen LogP contribution in [0.1, 0.15) is 30.0 Å². The van der Waals surface area contributed by atoms with Crippen molar-refractivity contribution in [1.29, 1.82) is 0 Å². The Kier molecular flexibility index (Phi) is 4.16. The van der Waals surface area contributed by atoms with Gasteiger partial charge >= 0.3 is 6.09 Å². The van der Waals surface area contributed by atoms with Gasteiger partial charge in [0, 0.05) is 24.8 Å². The summed E-state index contributed by atoms with van der Waals surface area (Å²) in [6, 6.07) is 3.62. The summed E-state index contributed by atoms with van der Waals surface area (Å²) in [5, 5.41) is 9.09. The van der Waals surface area contributed by atoms with Gasteiger partial charge in [0.1, 0.15) is 11.8 Å². The number of hydrogen-bond acceptors (Lipinski definition) is 6. The van der Waals surface area contributed by atoms with Gasteiger partial charge in [-0.05, 0) is 37.8 Å². The molecule has 1 saturated heterocycles. The normalized spacial score (nSPS) is 15.3. The second-order valence-electron chi connectivity index (χ2n) is 6.28. The molecule has 1 aliphatic rings. The lowest BCUT2D eigenvalue weighted by molar-refractivity contribution is 0.132. The first-order chi connectivity index (χ1) is 12.6. The van der Waals surface area contributed by atoms with E-state index >= 15 is 0 Å². The highest BCUT2D eigenvalue weighted by Gasteiger charge is 2.27.